The lowest BCUT2D eigenvalue weighted by Gasteiger charge is -2.16. The van der Waals surface area contributed by atoms with E-state index < -0.39 is 5.97 Å². The molecule has 0 saturated heterocycles. The molecule has 0 aliphatic rings. The van der Waals surface area contributed by atoms with Gasteiger partial charge in [0.05, 0.1) is 6.42 Å². The van der Waals surface area contributed by atoms with Crippen molar-refractivity contribution in [3.8, 4) is 0 Å². The van der Waals surface area contributed by atoms with Crippen LogP contribution in [-0.4, -0.2) is 11.1 Å². The Hall–Kier alpha value is -2.13. The first-order chi connectivity index (χ1) is 10.1. The predicted octanol–water partition coefficient (Wildman–Crippen LogP) is 3.47. The van der Waals surface area contributed by atoms with Gasteiger partial charge in [-0.15, -0.1) is 0 Å². The van der Waals surface area contributed by atoms with Crippen molar-refractivity contribution in [2.45, 2.75) is 32.9 Å². The van der Waals surface area contributed by atoms with Crippen molar-refractivity contribution >= 4 is 5.97 Å². The predicted molar refractivity (Wildman–Crippen MR) is 84.2 cm³/mol. The maximum Gasteiger partial charge on any atom is 0.307 e. The van der Waals surface area contributed by atoms with E-state index in [4.69, 9.17) is 5.11 Å². The molecular weight excluding hydrogens is 262 g/mol. The maximum absolute atomic E-state index is 10.6. The van der Waals surface area contributed by atoms with Gasteiger partial charge in [-0.1, -0.05) is 48.5 Å². The third-order valence-electron chi connectivity index (χ3n) is 3.65. The molecule has 2 N–H and O–H groups in total. The molecule has 0 radical (unpaired) electrons. The standard InChI is InChI=1S/C18H21NO2/c1-13-5-3-4-6-17(13)14(2)19-12-16-9-7-15(8-10-16)11-18(20)21/h3-10,14,19H,11-12H2,1-2H3,(H,20,21)/t14-/m0/s1. The van der Waals surface area contributed by atoms with Crippen molar-refractivity contribution in [3.63, 3.8) is 0 Å². The number of carbonyl (C=O) groups is 1. The first kappa shape index (κ1) is 15.3. The maximum atomic E-state index is 10.6. The number of carboxylic acid groups (broad SMARTS) is 1. The van der Waals surface area contributed by atoms with Crippen LogP contribution >= 0.6 is 0 Å². The summed E-state index contributed by atoms with van der Waals surface area (Å²) in [5.74, 6) is -0.797. The topological polar surface area (TPSA) is 49.3 Å². The van der Waals surface area contributed by atoms with Crippen LogP contribution in [0.5, 0.6) is 0 Å². The highest BCUT2D eigenvalue weighted by Gasteiger charge is 2.07. The molecule has 0 unspecified atom stereocenters. The van der Waals surface area contributed by atoms with Gasteiger partial charge >= 0.3 is 5.97 Å². The first-order valence-electron chi connectivity index (χ1n) is 7.15. The molecule has 0 aromatic heterocycles. The van der Waals surface area contributed by atoms with Crippen LogP contribution in [0.2, 0.25) is 0 Å². The van der Waals surface area contributed by atoms with Gasteiger partial charge in [0.1, 0.15) is 0 Å². The van der Waals surface area contributed by atoms with Crippen LogP contribution in [0.25, 0.3) is 0 Å². The molecule has 0 heterocycles. The Morgan fingerprint density at radius 3 is 2.33 bits per heavy atom. The summed E-state index contributed by atoms with van der Waals surface area (Å²) in [4.78, 5) is 10.6. The van der Waals surface area contributed by atoms with Gasteiger partial charge < -0.3 is 10.4 Å². The van der Waals surface area contributed by atoms with Crippen molar-refractivity contribution in [3.05, 3.63) is 70.8 Å². The highest BCUT2D eigenvalue weighted by Crippen LogP contribution is 2.17. The fraction of sp³-hybridized carbons (Fsp3) is 0.278. The quantitative estimate of drug-likeness (QED) is 0.853. The minimum absolute atomic E-state index is 0.0767. The second kappa shape index (κ2) is 7.04. The first-order valence-corrected chi connectivity index (χ1v) is 7.15. The summed E-state index contributed by atoms with van der Waals surface area (Å²) >= 11 is 0. The summed E-state index contributed by atoms with van der Waals surface area (Å²) in [7, 11) is 0. The number of aliphatic carboxylic acids is 1. The molecule has 1 atom stereocenters. The molecule has 0 spiro atoms. The molecule has 0 aliphatic carbocycles. The Bertz CT molecular complexity index is 605. The molecule has 3 heteroatoms. The van der Waals surface area contributed by atoms with Crippen LogP contribution in [-0.2, 0) is 17.8 Å². The fourth-order valence-corrected chi connectivity index (χ4v) is 2.40. The lowest BCUT2D eigenvalue weighted by molar-refractivity contribution is -0.136. The minimum Gasteiger partial charge on any atom is -0.481 e. The molecular formula is C18H21NO2. The average molecular weight is 283 g/mol. The van der Waals surface area contributed by atoms with E-state index in [0.29, 0.717) is 0 Å². The number of hydrogen-bond acceptors (Lipinski definition) is 2. The molecule has 2 aromatic carbocycles. The highest BCUT2D eigenvalue weighted by molar-refractivity contribution is 5.70. The molecule has 0 bridgehead atoms. The molecule has 0 amide bonds. The van der Waals surface area contributed by atoms with E-state index in [0.717, 1.165) is 17.7 Å². The Morgan fingerprint density at radius 1 is 1.10 bits per heavy atom. The van der Waals surface area contributed by atoms with E-state index >= 15 is 0 Å². The largest absolute Gasteiger partial charge is 0.481 e. The van der Waals surface area contributed by atoms with Crippen LogP contribution in [0.4, 0.5) is 0 Å². The third-order valence-corrected chi connectivity index (χ3v) is 3.65. The van der Waals surface area contributed by atoms with E-state index in [1.165, 1.54) is 11.1 Å². The van der Waals surface area contributed by atoms with Crippen molar-refractivity contribution in [2.24, 2.45) is 0 Å². The van der Waals surface area contributed by atoms with E-state index in [1.807, 2.05) is 30.3 Å². The van der Waals surface area contributed by atoms with E-state index in [2.05, 4.69) is 37.4 Å². The lowest BCUT2D eigenvalue weighted by Crippen LogP contribution is -2.18. The van der Waals surface area contributed by atoms with Gasteiger partial charge in [-0.2, -0.15) is 0 Å². The normalized spacial score (nSPS) is 12.1. The Labute approximate surface area is 125 Å². The fourth-order valence-electron chi connectivity index (χ4n) is 2.40. The van der Waals surface area contributed by atoms with Crippen molar-refractivity contribution in [1.29, 1.82) is 0 Å². The van der Waals surface area contributed by atoms with Gasteiger partial charge in [0.2, 0.25) is 0 Å². The van der Waals surface area contributed by atoms with E-state index in [-0.39, 0.29) is 12.5 Å². The summed E-state index contributed by atoms with van der Waals surface area (Å²) in [6.07, 6.45) is 0.0767. The van der Waals surface area contributed by atoms with Crippen LogP contribution in [0, 0.1) is 6.92 Å². The summed E-state index contributed by atoms with van der Waals surface area (Å²) in [5, 5.41) is 12.3. The number of rotatable bonds is 6. The molecule has 2 rings (SSSR count). The van der Waals surface area contributed by atoms with Gasteiger partial charge in [0.25, 0.3) is 0 Å². The molecule has 21 heavy (non-hydrogen) atoms. The second-order valence-electron chi connectivity index (χ2n) is 5.35. The van der Waals surface area contributed by atoms with Crippen LogP contribution in [0.1, 0.15) is 35.2 Å². The summed E-state index contributed by atoms with van der Waals surface area (Å²) < 4.78 is 0. The van der Waals surface area contributed by atoms with Gasteiger partial charge in [-0.25, -0.2) is 0 Å². The van der Waals surface area contributed by atoms with Gasteiger partial charge in [0, 0.05) is 12.6 Å². The lowest BCUT2D eigenvalue weighted by atomic mass is 10.0. The van der Waals surface area contributed by atoms with Crippen LogP contribution in [0.15, 0.2) is 48.5 Å². The molecule has 110 valence electrons. The van der Waals surface area contributed by atoms with Crippen LogP contribution < -0.4 is 5.32 Å². The van der Waals surface area contributed by atoms with E-state index in [1.54, 1.807) is 0 Å². The Balaban J connectivity index is 1.94. The monoisotopic (exact) mass is 283 g/mol. The van der Waals surface area contributed by atoms with Crippen molar-refractivity contribution in [1.82, 2.24) is 5.32 Å². The molecule has 2 aromatic rings. The van der Waals surface area contributed by atoms with Gasteiger partial charge in [0.15, 0.2) is 0 Å². The Morgan fingerprint density at radius 2 is 1.71 bits per heavy atom. The zero-order valence-corrected chi connectivity index (χ0v) is 12.5. The molecule has 3 nitrogen and oxygen atoms in total. The highest BCUT2D eigenvalue weighted by atomic mass is 16.4. The summed E-state index contributed by atoms with van der Waals surface area (Å²) in [5.41, 5.74) is 4.58. The van der Waals surface area contributed by atoms with Crippen LogP contribution in [0.3, 0.4) is 0 Å². The number of hydrogen-bond donors (Lipinski definition) is 2. The third kappa shape index (κ3) is 4.43. The van der Waals surface area contributed by atoms with E-state index in [9.17, 15) is 4.79 Å². The van der Waals surface area contributed by atoms with Crippen molar-refractivity contribution < 1.29 is 9.90 Å². The molecule has 0 aliphatic heterocycles. The SMILES string of the molecule is Cc1ccccc1[C@H](C)NCc1ccc(CC(=O)O)cc1. The summed E-state index contributed by atoms with van der Waals surface area (Å²) in [6.45, 7) is 5.04. The van der Waals surface area contributed by atoms with Gasteiger partial charge in [-0.3, -0.25) is 4.79 Å². The molecule has 0 fully saturated rings. The number of benzene rings is 2. The summed E-state index contributed by atoms with van der Waals surface area (Å²) in [6, 6.07) is 16.4. The minimum atomic E-state index is -0.797. The van der Waals surface area contributed by atoms with Gasteiger partial charge in [-0.05, 0) is 36.1 Å². The Kier molecular flexibility index (Phi) is 5.12. The molecule has 0 saturated carbocycles. The number of nitrogens with one attached hydrogen (secondary N) is 1. The number of aryl methyl sites for hydroxylation is 1. The second-order valence-corrected chi connectivity index (χ2v) is 5.35. The zero-order chi connectivity index (χ0) is 15.2. The smallest absolute Gasteiger partial charge is 0.307 e. The van der Waals surface area contributed by atoms with Crippen molar-refractivity contribution in [2.75, 3.05) is 0 Å². The average Bonchev–Trinajstić information content (AvgIpc) is 2.46. The number of carboxylic acids is 1. The zero-order valence-electron chi connectivity index (χ0n) is 12.5.